The van der Waals surface area contributed by atoms with Crippen molar-refractivity contribution in [1.29, 1.82) is 0 Å². The number of para-hydroxylation sites is 2. The third-order valence-corrected chi connectivity index (χ3v) is 12.1. The molecule has 4 heteroatoms. The first-order valence-corrected chi connectivity index (χ1v) is 22.0. The fourth-order valence-electron chi connectivity index (χ4n) is 9.01. The summed E-state index contributed by atoms with van der Waals surface area (Å²) in [5.41, 5.74) is 13.3. The Kier molecular flexibility index (Phi) is 10.6. The van der Waals surface area contributed by atoms with E-state index in [4.69, 9.17) is 9.98 Å². The van der Waals surface area contributed by atoms with Crippen molar-refractivity contribution in [3.63, 3.8) is 0 Å². The van der Waals surface area contributed by atoms with Crippen LogP contribution in [-0.2, 0) is 0 Å². The Bertz CT molecular complexity index is 3480. The van der Waals surface area contributed by atoms with Crippen LogP contribution in [0.15, 0.2) is 222 Å². The lowest BCUT2D eigenvalue weighted by molar-refractivity contribution is 0.818. The number of amidine groups is 1. The van der Waals surface area contributed by atoms with Crippen LogP contribution >= 0.6 is 0 Å². The molecule has 1 atom stereocenters. The highest BCUT2D eigenvalue weighted by molar-refractivity contribution is 6.16. The maximum Gasteiger partial charge on any atom is 0.155 e. The molecule has 0 spiro atoms. The lowest BCUT2D eigenvalue weighted by Gasteiger charge is -2.14. The van der Waals surface area contributed by atoms with Crippen LogP contribution < -0.4 is 0 Å². The third kappa shape index (κ3) is 7.30. The van der Waals surface area contributed by atoms with Crippen molar-refractivity contribution in [1.82, 2.24) is 9.13 Å². The minimum absolute atomic E-state index is 0.0894. The van der Waals surface area contributed by atoms with Gasteiger partial charge in [-0.1, -0.05) is 166 Å². The van der Waals surface area contributed by atoms with Gasteiger partial charge in [0.1, 0.15) is 0 Å². The average Bonchev–Trinajstić information content (AvgIpc) is 3.86. The first-order chi connectivity index (χ1) is 31.1. The Hall–Kier alpha value is -7.82. The highest BCUT2D eigenvalue weighted by Crippen LogP contribution is 2.39. The minimum atomic E-state index is -0.0894. The fourth-order valence-corrected chi connectivity index (χ4v) is 9.01. The topological polar surface area (TPSA) is 34.6 Å². The van der Waals surface area contributed by atoms with E-state index in [0.717, 1.165) is 50.4 Å². The molecule has 0 saturated heterocycles. The molecular formula is C59H48N4. The van der Waals surface area contributed by atoms with Crippen molar-refractivity contribution in [3.05, 3.63) is 229 Å². The van der Waals surface area contributed by atoms with Gasteiger partial charge in [-0.25, -0.2) is 4.99 Å². The molecule has 0 amide bonds. The standard InChI is InChI=1S/C57H42N4.C2H6/c1-38(40-17-6-3-7-18-40)58-57(59-39(2)41-19-8-4-9-20-41)46-23-16-26-48(33-46)61-55-37-45(29-31-50(55)52-34-42-21-12-13-22-43(42)36-56(52)61)44-30-32-54-51(35-44)49-27-14-15-28-53(49)60(54)47-24-10-5-11-25-47;1-2/h3-38H,1-2H3;1-2H3. The monoisotopic (exact) mass is 812 g/mol. The summed E-state index contributed by atoms with van der Waals surface area (Å²) in [6, 6.07) is 76.0. The second-order valence-corrected chi connectivity index (χ2v) is 15.9. The van der Waals surface area contributed by atoms with Crippen molar-refractivity contribution >= 4 is 65.9 Å². The van der Waals surface area contributed by atoms with Gasteiger partial charge in [0.25, 0.3) is 0 Å². The molecule has 0 fully saturated rings. The highest BCUT2D eigenvalue weighted by atomic mass is 15.0. The first kappa shape index (κ1) is 39.3. The van der Waals surface area contributed by atoms with E-state index in [1.165, 1.54) is 48.9 Å². The maximum atomic E-state index is 5.31. The summed E-state index contributed by atoms with van der Waals surface area (Å²) < 4.78 is 4.80. The summed E-state index contributed by atoms with van der Waals surface area (Å²) in [5.74, 6) is 0.703. The fraction of sp³-hybridized carbons (Fsp3) is 0.0847. The molecule has 2 heterocycles. The van der Waals surface area contributed by atoms with Gasteiger partial charge in [0.2, 0.25) is 0 Å². The summed E-state index contributed by atoms with van der Waals surface area (Å²) in [4.78, 5) is 10.6. The van der Waals surface area contributed by atoms with Gasteiger partial charge in [-0.2, -0.15) is 0 Å². The number of hydrogen-bond donors (Lipinski definition) is 0. The van der Waals surface area contributed by atoms with Gasteiger partial charge >= 0.3 is 0 Å². The van der Waals surface area contributed by atoms with Crippen LogP contribution in [0.1, 0.15) is 50.4 Å². The van der Waals surface area contributed by atoms with Crippen LogP contribution in [0.2, 0.25) is 0 Å². The molecule has 0 radical (unpaired) electrons. The van der Waals surface area contributed by atoms with Crippen LogP contribution in [0, 0.1) is 0 Å². The lowest BCUT2D eigenvalue weighted by atomic mass is 10.0. The number of aromatic nitrogens is 2. The van der Waals surface area contributed by atoms with Crippen molar-refractivity contribution in [2.75, 3.05) is 0 Å². The SMILES string of the molecule is CC.CC(=NC(=NC(C)c1ccccc1)c1cccc(-n2c3cc(-c4ccc5c(c4)c4ccccc4n5-c4ccccc4)ccc3c3cc4ccccc4cc32)c1)c1ccccc1. The molecule has 11 rings (SSSR count). The molecule has 2 aromatic heterocycles. The van der Waals surface area contributed by atoms with Gasteiger partial charge in [-0.05, 0) is 108 Å². The zero-order valence-electron chi connectivity index (χ0n) is 36.1. The maximum absolute atomic E-state index is 5.31. The van der Waals surface area contributed by atoms with Gasteiger partial charge < -0.3 is 9.13 Å². The average molecular weight is 813 g/mol. The molecule has 0 saturated carbocycles. The zero-order valence-corrected chi connectivity index (χ0v) is 36.1. The minimum Gasteiger partial charge on any atom is -0.309 e. The van der Waals surface area contributed by atoms with Gasteiger partial charge in [0.15, 0.2) is 5.84 Å². The largest absolute Gasteiger partial charge is 0.309 e. The van der Waals surface area contributed by atoms with Crippen LogP contribution in [0.4, 0.5) is 0 Å². The summed E-state index contributed by atoms with van der Waals surface area (Å²) in [6.07, 6.45) is 0. The molecule has 0 aliphatic heterocycles. The normalized spacial score (nSPS) is 12.6. The van der Waals surface area contributed by atoms with Gasteiger partial charge in [-0.3, -0.25) is 4.99 Å². The van der Waals surface area contributed by atoms with Crippen molar-refractivity contribution in [3.8, 4) is 22.5 Å². The summed E-state index contributed by atoms with van der Waals surface area (Å²) in [6.45, 7) is 8.21. The van der Waals surface area contributed by atoms with E-state index in [-0.39, 0.29) is 6.04 Å². The van der Waals surface area contributed by atoms with E-state index in [0.29, 0.717) is 5.84 Å². The molecule has 0 aliphatic rings. The summed E-state index contributed by atoms with van der Waals surface area (Å²) >= 11 is 0. The molecule has 9 aromatic carbocycles. The van der Waals surface area contributed by atoms with Crippen LogP contribution in [0.5, 0.6) is 0 Å². The Morgan fingerprint density at radius 3 is 1.73 bits per heavy atom. The summed E-state index contributed by atoms with van der Waals surface area (Å²) in [5, 5.41) is 7.34. The third-order valence-electron chi connectivity index (χ3n) is 12.1. The summed E-state index contributed by atoms with van der Waals surface area (Å²) in [7, 11) is 0. The molecular weight excluding hydrogens is 765 g/mol. The molecule has 1 unspecified atom stereocenters. The number of fused-ring (bicyclic) bond motifs is 7. The molecule has 0 bridgehead atoms. The molecule has 304 valence electrons. The van der Waals surface area contributed by atoms with Crippen LogP contribution in [0.3, 0.4) is 0 Å². The highest BCUT2D eigenvalue weighted by Gasteiger charge is 2.18. The van der Waals surface area contributed by atoms with Gasteiger partial charge in [0.05, 0.1) is 28.1 Å². The second kappa shape index (κ2) is 16.9. The number of rotatable bonds is 7. The van der Waals surface area contributed by atoms with Crippen LogP contribution in [-0.4, -0.2) is 20.7 Å². The number of benzene rings is 9. The van der Waals surface area contributed by atoms with E-state index in [1.807, 2.05) is 26.0 Å². The molecule has 0 aliphatic carbocycles. The van der Waals surface area contributed by atoms with Crippen molar-refractivity contribution in [2.45, 2.75) is 33.7 Å². The van der Waals surface area contributed by atoms with Crippen molar-refractivity contribution in [2.24, 2.45) is 9.98 Å². The lowest BCUT2D eigenvalue weighted by Crippen LogP contribution is -2.07. The van der Waals surface area contributed by atoms with E-state index >= 15 is 0 Å². The number of aliphatic imine (C=N–C) groups is 2. The first-order valence-electron chi connectivity index (χ1n) is 22.0. The van der Waals surface area contributed by atoms with Gasteiger partial charge in [0, 0.05) is 44.2 Å². The zero-order chi connectivity index (χ0) is 42.9. The Morgan fingerprint density at radius 2 is 0.952 bits per heavy atom. The molecule has 63 heavy (non-hydrogen) atoms. The smallest absolute Gasteiger partial charge is 0.155 e. The predicted octanol–water partition coefficient (Wildman–Crippen LogP) is 15.7. The Balaban J connectivity index is 0.00000232. The predicted molar refractivity (Wildman–Crippen MR) is 269 cm³/mol. The Morgan fingerprint density at radius 1 is 0.413 bits per heavy atom. The molecule has 4 nitrogen and oxygen atoms in total. The van der Waals surface area contributed by atoms with E-state index in [2.05, 4.69) is 223 Å². The number of nitrogens with zero attached hydrogens (tertiary/aromatic N) is 4. The second-order valence-electron chi connectivity index (χ2n) is 15.9. The number of hydrogen-bond acceptors (Lipinski definition) is 1. The van der Waals surface area contributed by atoms with E-state index in [1.54, 1.807) is 0 Å². The molecule has 11 aromatic rings. The van der Waals surface area contributed by atoms with E-state index < -0.39 is 0 Å². The van der Waals surface area contributed by atoms with Crippen LogP contribution in [0.25, 0.3) is 76.9 Å². The van der Waals surface area contributed by atoms with Gasteiger partial charge in [-0.15, -0.1) is 0 Å². The Labute approximate surface area is 368 Å². The van der Waals surface area contributed by atoms with Crippen molar-refractivity contribution < 1.29 is 0 Å². The molecule has 0 N–H and O–H groups in total. The van der Waals surface area contributed by atoms with E-state index in [9.17, 15) is 0 Å². The quantitative estimate of drug-likeness (QED) is 0.113.